The van der Waals surface area contributed by atoms with Crippen LogP contribution in [0, 0.1) is 0 Å². The fourth-order valence-corrected chi connectivity index (χ4v) is 6.45. The predicted molar refractivity (Wildman–Crippen MR) is 154 cm³/mol. The number of rotatable bonds is 8. The molecule has 1 saturated carbocycles. The summed E-state index contributed by atoms with van der Waals surface area (Å²) in [5.74, 6) is 0.744. The molecule has 0 unspecified atom stereocenters. The van der Waals surface area contributed by atoms with Gasteiger partial charge in [-0.2, -0.15) is 0 Å². The maximum absolute atomic E-state index is 13.6. The molecule has 2 aromatic heterocycles. The third-order valence-corrected chi connectivity index (χ3v) is 8.70. The topological polar surface area (TPSA) is 82.9 Å². The summed E-state index contributed by atoms with van der Waals surface area (Å²) in [7, 11) is 0. The van der Waals surface area contributed by atoms with Crippen molar-refractivity contribution in [1.29, 1.82) is 0 Å². The van der Waals surface area contributed by atoms with Crippen molar-refractivity contribution in [1.82, 2.24) is 35.0 Å². The number of tetrazole rings is 1. The first-order valence-electron chi connectivity index (χ1n) is 14.6. The molecule has 0 spiro atoms. The quantitative estimate of drug-likeness (QED) is 0.368. The van der Waals surface area contributed by atoms with Gasteiger partial charge in [0.25, 0.3) is 5.56 Å². The number of aryl methyl sites for hydroxylation is 3. The lowest BCUT2D eigenvalue weighted by Gasteiger charge is -2.43. The molecule has 1 aliphatic carbocycles. The van der Waals surface area contributed by atoms with Gasteiger partial charge in [0.05, 0.1) is 0 Å². The summed E-state index contributed by atoms with van der Waals surface area (Å²) in [4.78, 5) is 21.8. The Labute approximate surface area is 230 Å². The van der Waals surface area contributed by atoms with E-state index in [0.717, 1.165) is 61.3 Å². The van der Waals surface area contributed by atoms with Gasteiger partial charge in [-0.3, -0.25) is 14.6 Å². The number of pyridine rings is 1. The average Bonchev–Trinajstić information content (AvgIpc) is 3.45. The third-order valence-electron chi connectivity index (χ3n) is 8.70. The van der Waals surface area contributed by atoms with Crippen LogP contribution in [0.4, 0.5) is 0 Å². The van der Waals surface area contributed by atoms with Crippen LogP contribution in [-0.2, 0) is 19.4 Å². The van der Waals surface area contributed by atoms with Crippen molar-refractivity contribution in [3.05, 3.63) is 87.5 Å². The van der Waals surface area contributed by atoms with Gasteiger partial charge in [0.15, 0.2) is 5.82 Å². The highest BCUT2D eigenvalue weighted by molar-refractivity contribution is 5.80. The molecule has 39 heavy (non-hydrogen) atoms. The van der Waals surface area contributed by atoms with Gasteiger partial charge < -0.3 is 4.98 Å². The Balaban J connectivity index is 1.34. The molecular formula is C31H39N7O. The van der Waals surface area contributed by atoms with Crippen LogP contribution in [0.15, 0.2) is 59.4 Å². The maximum atomic E-state index is 13.6. The molecule has 6 rings (SSSR count). The van der Waals surface area contributed by atoms with E-state index >= 15 is 0 Å². The van der Waals surface area contributed by atoms with Crippen LogP contribution in [0.3, 0.4) is 0 Å². The first-order chi connectivity index (χ1) is 19.2. The summed E-state index contributed by atoms with van der Waals surface area (Å²) >= 11 is 0. The van der Waals surface area contributed by atoms with Crippen molar-refractivity contribution in [2.45, 2.75) is 70.5 Å². The number of hydrogen-bond donors (Lipinski definition) is 1. The predicted octanol–water partition coefficient (Wildman–Crippen LogP) is 4.36. The van der Waals surface area contributed by atoms with E-state index in [1.807, 2.05) is 16.8 Å². The Morgan fingerprint density at radius 1 is 0.949 bits per heavy atom. The van der Waals surface area contributed by atoms with Crippen LogP contribution in [0.1, 0.15) is 67.6 Å². The normalized spacial score (nSPS) is 18.5. The second-order valence-corrected chi connectivity index (χ2v) is 11.1. The van der Waals surface area contributed by atoms with Gasteiger partial charge in [-0.1, -0.05) is 62.6 Å². The Kier molecular flexibility index (Phi) is 7.83. The van der Waals surface area contributed by atoms with Gasteiger partial charge >= 0.3 is 0 Å². The molecule has 2 fully saturated rings. The molecule has 0 bridgehead atoms. The lowest BCUT2D eigenvalue weighted by molar-refractivity contribution is 0.0617. The highest BCUT2D eigenvalue weighted by Crippen LogP contribution is 2.30. The molecule has 204 valence electrons. The minimum absolute atomic E-state index is 0.0657. The van der Waals surface area contributed by atoms with Gasteiger partial charge in [0, 0.05) is 49.8 Å². The number of piperazine rings is 1. The zero-order valence-corrected chi connectivity index (χ0v) is 22.9. The Morgan fingerprint density at radius 2 is 1.74 bits per heavy atom. The molecule has 4 aromatic rings. The van der Waals surface area contributed by atoms with Gasteiger partial charge in [-0.05, 0) is 70.8 Å². The number of aromatic amines is 1. The number of benzene rings is 2. The van der Waals surface area contributed by atoms with Crippen LogP contribution in [0.25, 0.3) is 10.9 Å². The van der Waals surface area contributed by atoms with Crippen LogP contribution >= 0.6 is 0 Å². The van der Waals surface area contributed by atoms with Crippen LogP contribution in [0.5, 0.6) is 0 Å². The molecule has 2 aliphatic rings. The second kappa shape index (κ2) is 11.8. The highest BCUT2D eigenvalue weighted by Gasteiger charge is 2.34. The zero-order valence-electron chi connectivity index (χ0n) is 22.9. The van der Waals surface area contributed by atoms with E-state index < -0.39 is 0 Å². The van der Waals surface area contributed by atoms with Gasteiger partial charge in [0.1, 0.15) is 6.04 Å². The minimum Gasteiger partial charge on any atom is -0.322 e. The van der Waals surface area contributed by atoms with Crippen molar-refractivity contribution in [3.8, 4) is 0 Å². The summed E-state index contributed by atoms with van der Waals surface area (Å²) in [6.07, 6.45) is 8.46. The molecule has 3 heterocycles. The Hall–Kier alpha value is -3.36. The van der Waals surface area contributed by atoms with Crippen molar-refractivity contribution in [2.75, 3.05) is 26.2 Å². The van der Waals surface area contributed by atoms with Gasteiger partial charge in [0.2, 0.25) is 0 Å². The Morgan fingerprint density at radius 3 is 2.51 bits per heavy atom. The molecule has 0 radical (unpaired) electrons. The van der Waals surface area contributed by atoms with Crippen molar-refractivity contribution >= 4 is 10.9 Å². The summed E-state index contributed by atoms with van der Waals surface area (Å²) in [6, 6.07) is 19.2. The van der Waals surface area contributed by atoms with Crippen molar-refractivity contribution < 1.29 is 0 Å². The number of nitrogens with one attached hydrogen (secondary N) is 1. The first-order valence-corrected chi connectivity index (χ1v) is 14.6. The molecule has 2 aromatic carbocycles. The zero-order chi connectivity index (χ0) is 26.6. The molecular weight excluding hydrogens is 486 g/mol. The smallest absolute Gasteiger partial charge is 0.253 e. The van der Waals surface area contributed by atoms with Crippen LogP contribution in [0.2, 0.25) is 0 Å². The summed E-state index contributed by atoms with van der Waals surface area (Å²) in [5, 5.41) is 14.1. The van der Waals surface area contributed by atoms with Crippen LogP contribution in [-0.4, -0.2) is 67.2 Å². The van der Waals surface area contributed by atoms with E-state index in [0.29, 0.717) is 12.6 Å². The second-order valence-electron chi connectivity index (χ2n) is 11.1. The highest BCUT2D eigenvalue weighted by atomic mass is 16.1. The van der Waals surface area contributed by atoms with E-state index in [9.17, 15) is 4.79 Å². The molecule has 1 atom stereocenters. The molecule has 8 heteroatoms. The summed E-state index contributed by atoms with van der Waals surface area (Å²) in [6.45, 7) is 6.62. The van der Waals surface area contributed by atoms with Gasteiger partial charge in [-0.25, -0.2) is 4.68 Å². The SMILES string of the molecule is CCc1ccc2[nH]c(=O)c([C@H](c3nnnn3CCc3ccccc3)N3CCN(C4CCCCC4)CC3)cc2c1. The first kappa shape index (κ1) is 25.9. The van der Waals surface area contributed by atoms with E-state index in [1.165, 1.54) is 43.2 Å². The largest absolute Gasteiger partial charge is 0.322 e. The monoisotopic (exact) mass is 525 g/mol. The van der Waals surface area contributed by atoms with Crippen molar-refractivity contribution in [3.63, 3.8) is 0 Å². The lowest BCUT2D eigenvalue weighted by atomic mass is 9.93. The van der Waals surface area contributed by atoms with Gasteiger partial charge in [-0.15, -0.1) is 5.10 Å². The maximum Gasteiger partial charge on any atom is 0.253 e. The fourth-order valence-electron chi connectivity index (χ4n) is 6.45. The lowest BCUT2D eigenvalue weighted by Crippen LogP contribution is -2.52. The number of H-pyrrole nitrogens is 1. The number of hydrogen-bond acceptors (Lipinski definition) is 6. The molecule has 1 saturated heterocycles. The number of nitrogens with zero attached hydrogens (tertiary/aromatic N) is 6. The summed E-state index contributed by atoms with van der Waals surface area (Å²) < 4.78 is 1.90. The van der Waals surface area contributed by atoms with E-state index in [-0.39, 0.29) is 11.6 Å². The standard InChI is InChI=1S/C31H39N7O/c1-2-23-13-14-28-25(21-23)22-27(31(39)32-28)29(37-19-17-36(18-20-37)26-11-7-4-8-12-26)30-33-34-35-38(30)16-15-24-9-5-3-6-10-24/h3,5-6,9-10,13-14,21-22,26,29H,2,4,7-8,11-12,15-20H2,1H3,(H,32,39)/t29-/m1/s1. The summed E-state index contributed by atoms with van der Waals surface area (Å²) in [5.41, 5.74) is 4.02. The van der Waals surface area contributed by atoms with Crippen molar-refractivity contribution in [2.24, 2.45) is 0 Å². The molecule has 0 amide bonds. The third kappa shape index (κ3) is 5.68. The number of fused-ring (bicyclic) bond motifs is 1. The van der Waals surface area contributed by atoms with E-state index in [4.69, 9.17) is 0 Å². The van der Waals surface area contributed by atoms with E-state index in [2.05, 4.69) is 79.7 Å². The minimum atomic E-state index is -0.303. The number of aromatic nitrogens is 5. The average molecular weight is 526 g/mol. The molecule has 1 N–H and O–H groups in total. The van der Waals surface area contributed by atoms with E-state index in [1.54, 1.807) is 0 Å². The van der Waals surface area contributed by atoms with Crippen LogP contribution < -0.4 is 5.56 Å². The molecule has 8 nitrogen and oxygen atoms in total. The molecule has 1 aliphatic heterocycles. The fraction of sp³-hybridized carbons (Fsp3) is 0.484. The Bertz CT molecular complexity index is 1430.